The molecular formula is C20H33IN4O. The van der Waals surface area contributed by atoms with Gasteiger partial charge in [0.25, 0.3) is 0 Å². The molecule has 0 saturated carbocycles. The molecule has 1 heterocycles. The summed E-state index contributed by atoms with van der Waals surface area (Å²) in [7, 11) is 3.56. The molecular weight excluding hydrogens is 439 g/mol. The Bertz CT molecular complexity index is 556. The van der Waals surface area contributed by atoms with Crippen LogP contribution in [0.1, 0.15) is 44.1 Å². The van der Waals surface area contributed by atoms with Gasteiger partial charge in [-0.05, 0) is 30.7 Å². The van der Waals surface area contributed by atoms with Crippen LogP contribution in [0.25, 0.3) is 0 Å². The van der Waals surface area contributed by atoms with E-state index >= 15 is 0 Å². The third-order valence-electron chi connectivity index (χ3n) is 5.15. The van der Waals surface area contributed by atoms with Crippen molar-refractivity contribution >= 4 is 35.8 Å². The van der Waals surface area contributed by atoms with Crippen LogP contribution in [0.15, 0.2) is 35.3 Å². The standard InChI is InChI=1S/C20H32N4O.HI/c1-4-17(18-8-6-5-7-9-18)15-23-20(22-3)24-12-10-16(11-13-24)14-19(25)21-2;/h5-9,16-17H,4,10-15H2,1-3H3,(H,21,25)(H,22,23);1H. The van der Waals surface area contributed by atoms with Gasteiger partial charge in [-0.15, -0.1) is 24.0 Å². The molecule has 0 aliphatic carbocycles. The average Bonchev–Trinajstić information content (AvgIpc) is 2.67. The van der Waals surface area contributed by atoms with Crippen molar-refractivity contribution in [3.05, 3.63) is 35.9 Å². The highest BCUT2D eigenvalue weighted by Crippen LogP contribution is 2.21. The van der Waals surface area contributed by atoms with Crippen molar-refractivity contribution in [2.45, 2.75) is 38.5 Å². The molecule has 0 radical (unpaired) electrons. The normalized spacial score (nSPS) is 16.6. The molecule has 26 heavy (non-hydrogen) atoms. The number of hydrogen-bond donors (Lipinski definition) is 2. The lowest BCUT2D eigenvalue weighted by atomic mass is 9.93. The van der Waals surface area contributed by atoms with E-state index < -0.39 is 0 Å². The molecule has 1 fully saturated rings. The SMILES string of the molecule is CCC(CNC(=NC)N1CCC(CC(=O)NC)CC1)c1ccccc1.I. The van der Waals surface area contributed by atoms with Crippen LogP contribution in [0.3, 0.4) is 0 Å². The average molecular weight is 472 g/mol. The first-order chi connectivity index (χ1) is 12.2. The monoisotopic (exact) mass is 472 g/mol. The molecule has 2 rings (SSSR count). The highest BCUT2D eigenvalue weighted by molar-refractivity contribution is 14.0. The minimum absolute atomic E-state index is 0. The second-order valence-corrected chi connectivity index (χ2v) is 6.75. The summed E-state index contributed by atoms with van der Waals surface area (Å²) in [5, 5.41) is 6.28. The van der Waals surface area contributed by atoms with Gasteiger partial charge in [-0.2, -0.15) is 0 Å². The summed E-state index contributed by atoms with van der Waals surface area (Å²) in [6, 6.07) is 10.7. The Morgan fingerprint density at radius 2 is 1.92 bits per heavy atom. The van der Waals surface area contributed by atoms with Crippen LogP contribution in [0.4, 0.5) is 0 Å². The third-order valence-corrected chi connectivity index (χ3v) is 5.15. The molecule has 2 N–H and O–H groups in total. The number of nitrogens with zero attached hydrogens (tertiary/aromatic N) is 2. The molecule has 0 spiro atoms. The predicted molar refractivity (Wildman–Crippen MR) is 119 cm³/mol. The fraction of sp³-hybridized carbons (Fsp3) is 0.600. The van der Waals surface area contributed by atoms with Crippen LogP contribution in [-0.2, 0) is 4.79 Å². The van der Waals surface area contributed by atoms with E-state index in [4.69, 9.17) is 0 Å². The van der Waals surface area contributed by atoms with Crippen molar-refractivity contribution in [2.24, 2.45) is 10.9 Å². The maximum atomic E-state index is 11.5. The molecule has 1 aromatic carbocycles. The molecule has 1 unspecified atom stereocenters. The van der Waals surface area contributed by atoms with Gasteiger partial charge in [0.15, 0.2) is 5.96 Å². The minimum atomic E-state index is 0. The quantitative estimate of drug-likeness (QED) is 0.380. The smallest absolute Gasteiger partial charge is 0.220 e. The molecule has 1 aromatic rings. The van der Waals surface area contributed by atoms with Gasteiger partial charge in [0.2, 0.25) is 5.91 Å². The van der Waals surface area contributed by atoms with Gasteiger partial charge in [-0.3, -0.25) is 9.79 Å². The Morgan fingerprint density at radius 1 is 1.27 bits per heavy atom. The highest BCUT2D eigenvalue weighted by Gasteiger charge is 2.23. The number of hydrogen-bond acceptors (Lipinski definition) is 2. The first kappa shape index (κ1) is 22.7. The Morgan fingerprint density at radius 3 is 2.46 bits per heavy atom. The van der Waals surface area contributed by atoms with Crippen LogP contribution in [0.2, 0.25) is 0 Å². The van der Waals surface area contributed by atoms with Crippen LogP contribution in [0.5, 0.6) is 0 Å². The number of halogens is 1. The lowest BCUT2D eigenvalue weighted by Crippen LogP contribution is -2.46. The zero-order valence-electron chi connectivity index (χ0n) is 16.2. The Kier molecular flexibility index (Phi) is 10.6. The van der Waals surface area contributed by atoms with E-state index in [-0.39, 0.29) is 29.9 Å². The van der Waals surface area contributed by atoms with E-state index in [2.05, 4.69) is 57.8 Å². The van der Waals surface area contributed by atoms with Crippen LogP contribution >= 0.6 is 24.0 Å². The molecule has 146 valence electrons. The number of nitrogens with one attached hydrogen (secondary N) is 2. The zero-order chi connectivity index (χ0) is 18.1. The number of piperidine rings is 1. The molecule has 1 amide bonds. The second-order valence-electron chi connectivity index (χ2n) is 6.75. The molecule has 0 bridgehead atoms. The van der Waals surface area contributed by atoms with Crippen LogP contribution < -0.4 is 10.6 Å². The van der Waals surface area contributed by atoms with E-state index in [1.807, 2.05) is 7.05 Å². The van der Waals surface area contributed by atoms with Crippen molar-refractivity contribution in [3.63, 3.8) is 0 Å². The van der Waals surface area contributed by atoms with Crippen molar-refractivity contribution < 1.29 is 4.79 Å². The van der Waals surface area contributed by atoms with E-state index in [1.165, 1.54) is 5.56 Å². The fourth-order valence-electron chi connectivity index (χ4n) is 3.48. The molecule has 1 atom stereocenters. The van der Waals surface area contributed by atoms with Crippen molar-refractivity contribution in [3.8, 4) is 0 Å². The third kappa shape index (κ3) is 6.78. The number of rotatable bonds is 6. The first-order valence-electron chi connectivity index (χ1n) is 9.39. The fourth-order valence-corrected chi connectivity index (χ4v) is 3.48. The highest BCUT2D eigenvalue weighted by atomic mass is 127. The van der Waals surface area contributed by atoms with E-state index in [9.17, 15) is 4.79 Å². The number of carbonyl (C=O) groups excluding carboxylic acids is 1. The van der Waals surface area contributed by atoms with Gasteiger partial charge >= 0.3 is 0 Å². The second kappa shape index (κ2) is 12.1. The van der Waals surface area contributed by atoms with Crippen LogP contribution in [0, 0.1) is 5.92 Å². The molecule has 5 nitrogen and oxygen atoms in total. The number of amides is 1. The Balaban J connectivity index is 0.00000338. The van der Waals surface area contributed by atoms with Gasteiger partial charge < -0.3 is 15.5 Å². The summed E-state index contributed by atoms with van der Waals surface area (Å²) in [6.45, 7) is 5.05. The van der Waals surface area contributed by atoms with Crippen molar-refractivity contribution in [2.75, 3.05) is 33.7 Å². The maximum absolute atomic E-state index is 11.5. The topological polar surface area (TPSA) is 56.7 Å². The van der Waals surface area contributed by atoms with Gasteiger partial charge in [-0.25, -0.2) is 0 Å². The summed E-state index contributed by atoms with van der Waals surface area (Å²) in [6.07, 6.45) is 3.83. The number of likely N-dealkylation sites (tertiary alicyclic amines) is 1. The molecule has 1 saturated heterocycles. The van der Waals surface area contributed by atoms with Gasteiger partial charge in [0.05, 0.1) is 0 Å². The van der Waals surface area contributed by atoms with Gasteiger partial charge in [-0.1, -0.05) is 37.3 Å². The predicted octanol–water partition coefficient (Wildman–Crippen LogP) is 3.22. The number of carbonyl (C=O) groups is 1. The summed E-state index contributed by atoms with van der Waals surface area (Å²) >= 11 is 0. The van der Waals surface area contributed by atoms with Crippen molar-refractivity contribution in [1.82, 2.24) is 15.5 Å². The molecule has 1 aliphatic heterocycles. The van der Waals surface area contributed by atoms with Crippen LogP contribution in [-0.4, -0.2) is 50.5 Å². The Labute approximate surface area is 175 Å². The first-order valence-corrected chi connectivity index (χ1v) is 9.39. The van der Waals surface area contributed by atoms with E-state index in [1.54, 1.807) is 7.05 Å². The van der Waals surface area contributed by atoms with Crippen molar-refractivity contribution in [1.29, 1.82) is 0 Å². The minimum Gasteiger partial charge on any atom is -0.359 e. The lowest BCUT2D eigenvalue weighted by Gasteiger charge is -2.34. The lowest BCUT2D eigenvalue weighted by molar-refractivity contribution is -0.121. The molecule has 0 aromatic heterocycles. The number of guanidine groups is 1. The van der Waals surface area contributed by atoms with Gasteiger partial charge in [0, 0.05) is 46.1 Å². The largest absolute Gasteiger partial charge is 0.359 e. The molecule has 6 heteroatoms. The van der Waals surface area contributed by atoms with E-state index in [0.29, 0.717) is 18.3 Å². The zero-order valence-corrected chi connectivity index (χ0v) is 18.5. The van der Waals surface area contributed by atoms with Gasteiger partial charge in [0.1, 0.15) is 0 Å². The summed E-state index contributed by atoms with van der Waals surface area (Å²) in [4.78, 5) is 18.3. The Hall–Kier alpha value is -1.31. The number of benzene rings is 1. The molecule has 1 aliphatic rings. The summed E-state index contributed by atoms with van der Waals surface area (Å²) in [5.41, 5.74) is 1.37. The summed E-state index contributed by atoms with van der Waals surface area (Å²) < 4.78 is 0. The number of aliphatic imine (C=N–C) groups is 1. The summed E-state index contributed by atoms with van der Waals surface area (Å²) in [5.74, 6) is 2.10. The van der Waals surface area contributed by atoms with E-state index in [0.717, 1.165) is 44.9 Å². The maximum Gasteiger partial charge on any atom is 0.220 e.